The summed E-state index contributed by atoms with van der Waals surface area (Å²) in [5.41, 5.74) is 2.01. The minimum Gasteiger partial charge on any atom is -0.341 e. The first-order chi connectivity index (χ1) is 6.79. The summed E-state index contributed by atoms with van der Waals surface area (Å²) in [6.07, 6.45) is 1.76. The molecule has 1 heterocycles. The van der Waals surface area contributed by atoms with Gasteiger partial charge in [0.1, 0.15) is 5.82 Å². The second kappa shape index (κ2) is 4.03. The highest BCUT2D eigenvalue weighted by atomic mass is 35.5. The highest BCUT2D eigenvalue weighted by molar-refractivity contribution is 6.30. The Balaban J connectivity index is 2.34. The van der Waals surface area contributed by atoms with Crippen molar-refractivity contribution >= 4 is 23.2 Å². The van der Waals surface area contributed by atoms with E-state index in [0.29, 0.717) is 5.88 Å². The summed E-state index contributed by atoms with van der Waals surface area (Å²) >= 11 is 11.4. The Morgan fingerprint density at radius 2 is 1.93 bits per heavy atom. The molecule has 2 rings (SSSR count). The molecule has 0 radical (unpaired) electrons. The van der Waals surface area contributed by atoms with E-state index in [9.17, 15) is 0 Å². The molecule has 2 aromatic rings. The molecule has 0 aliphatic heterocycles. The standard InChI is InChI=1S/C10H8Cl2N2/c11-5-10-13-6-9(14-10)7-1-3-8(12)4-2-7/h1-4,6H,5H2,(H,13,14). The SMILES string of the molecule is ClCc1ncc(-c2ccc(Cl)cc2)[nH]1. The number of nitrogens with zero attached hydrogens (tertiary/aromatic N) is 1. The molecule has 0 saturated carbocycles. The fourth-order valence-electron chi connectivity index (χ4n) is 1.21. The molecule has 0 fully saturated rings. The lowest BCUT2D eigenvalue weighted by Gasteiger charge is -1.96. The van der Waals surface area contributed by atoms with Gasteiger partial charge in [0.05, 0.1) is 17.8 Å². The van der Waals surface area contributed by atoms with Crippen molar-refractivity contribution in [1.82, 2.24) is 9.97 Å². The second-order valence-electron chi connectivity index (χ2n) is 2.88. The molecule has 14 heavy (non-hydrogen) atoms. The van der Waals surface area contributed by atoms with E-state index in [0.717, 1.165) is 22.1 Å². The summed E-state index contributed by atoms with van der Waals surface area (Å²) in [5, 5.41) is 0.728. The number of halogens is 2. The molecule has 0 atom stereocenters. The van der Waals surface area contributed by atoms with Crippen molar-refractivity contribution in [3.63, 3.8) is 0 Å². The third-order valence-electron chi connectivity index (χ3n) is 1.91. The molecule has 72 valence electrons. The summed E-state index contributed by atoms with van der Waals surface area (Å²) in [5.74, 6) is 1.17. The third-order valence-corrected chi connectivity index (χ3v) is 2.42. The molecule has 0 aliphatic carbocycles. The Morgan fingerprint density at radius 3 is 2.50 bits per heavy atom. The Kier molecular flexibility index (Phi) is 2.75. The van der Waals surface area contributed by atoms with Gasteiger partial charge < -0.3 is 4.98 Å². The maximum Gasteiger partial charge on any atom is 0.121 e. The first-order valence-corrected chi connectivity index (χ1v) is 5.06. The van der Waals surface area contributed by atoms with Gasteiger partial charge in [-0.3, -0.25) is 0 Å². The van der Waals surface area contributed by atoms with Gasteiger partial charge in [0.25, 0.3) is 0 Å². The first-order valence-electron chi connectivity index (χ1n) is 4.15. The van der Waals surface area contributed by atoms with Crippen LogP contribution in [-0.2, 0) is 5.88 Å². The largest absolute Gasteiger partial charge is 0.341 e. The second-order valence-corrected chi connectivity index (χ2v) is 3.59. The predicted octanol–water partition coefficient (Wildman–Crippen LogP) is 3.47. The molecule has 2 nitrogen and oxygen atoms in total. The van der Waals surface area contributed by atoms with E-state index in [1.807, 2.05) is 24.3 Å². The van der Waals surface area contributed by atoms with Crippen LogP contribution in [0.2, 0.25) is 5.02 Å². The van der Waals surface area contributed by atoms with Gasteiger partial charge in [-0.1, -0.05) is 23.7 Å². The zero-order valence-corrected chi connectivity index (χ0v) is 8.81. The van der Waals surface area contributed by atoms with E-state index >= 15 is 0 Å². The molecule has 0 amide bonds. The Labute approximate surface area is 91.9 Å². The number of H-pyrrole nitrogens is 1. The van der Waals surface area contributed by atoms with Gasteiger partial charge in [0, 0.05) is 5.02 Å². The van der Waals surface area contributed by atoms with E-state index in [-0.39, 0.29) is 0 Å². The molecule has 1 N–H and O–H groups in total. The van der Waals surface area contributed by atoms with Gasteiger partial charge in [-0.05, 0) is 17.7 Å². The van der Waals surface area contributed by atoms with Crippen LogP contribution < -0.4 is 0 Å². The fourth-order valence-corrected chi connectivity index (χ4v) is 1.47. The van der Waals surface area contributed by atoms with E-state index < -0.39 is 0 Å². The van der Waals surface area contributed by atoms with Crippen molar-refractivity contribution in [1.29, 1.82) is 0 Å². The summed E-state index contributed by atoms with van der Waals surface area (Å²) < 4.78 is 0. The van der Waals surface area contributed by atoms with Crippen molar-refractivity contribution in [3.05, 3.63) is 41.3 Å². The molecule has 0 spiro atoms. The molecule has 0 saturated heterocycles. The maximum absolute atomic E-state index is 5.78. The number of imidazole rings is 1. The van der Waals surface area contributed by atoms with Crippen LogP contribution in [-0.4, -0.2) is 9.97 Å². The molecule has 4 heteroatoms. The highest BCUT2D eigenvalue weighted by Gasteiger charge is 2.01. The molecule has 1 aromatic heterocycles. The van der Waals surface area contributed by atoms with Gasteiger partial charge in [-0.25, -0.2) is 4.98 Å². The average molecular weight is 227 g/mol. The molecule has 0 aliphatic rings. The fraction of sp³-hybridized carbons (Fsp3) is 0.100. The van der Waals surface area contributed by atoms with Crippen molar-refractivity contribution < 1.29 is 0 Å². The van der Waals surface area contributed by atoms with Crippen molar-refractivity contribution in [2.45, 2.75) is 5.88 Å². The van der Waals surface area contributed by atoms with Crippen molar-refractivity contribution in [2.24, 2.45) is 0 Å². The average Bonchev–Trinajstić information content (AvgIpc) is 2.67. The third kappa shape index (κ3) is 1.91. The molecule has 0 unspecified atom stereocenters. The molecule has 1 aromatic carbocycles. The van der Waals surface area contributed by atoms with Crippen LogP contribution >= 0.6 is 23.2 Å². The van der Waals surface area contributed by atoms with Gasteiger partial charge in [-0.2, -0.15) is 0 Å². The normalized spacial score (nSPS) is 10.4. The van der Waals surface area contributed by atoms with Gasteiger partial charge in [0.15, 0.2) is 0 Å². The van der Waals surface area contributed by atoms with Crippen LogP contribution in [0.5, 0.6) is 0 Å². The minimum absolute atomic E-state index is 0.396. The zero-order valence-electron chi connectivity index (χ0n) is 7.30. The maximum atomic E-state index is 5.78. The number of alkyl halides is 1. The Morgan fingerprint density at radius 1 is 1.21 bits per heavy atom. The number of aromatic nitrogens is 2. The van der Waals surface area contributed by atoms with Crippen LogP contribution in [0.1, 0.15) is 5.82 Å². The monoisotopic (exact) mass is 226 g/mol. The number of aromatic amines is 1. The Hall–Kier alpha value is -0.990. The van der Waals surface area contributed by atoms with Crippen molar-refractivity contribution in [2.75, 3.05) is 0 Å². The highest BCUT2D eigenvalue weighted by Crippen LogP contribution is 2.19. The van der Waals surface area contributed by atoms with E-state index in [2.05, 4.69) is 9.97 Å². The van der Waals surface area contributed by atoms with E-state index in [1.54, 1.807) is 6.20 Å². The molecule has 0 bridgehead atoms. The topological polar surface area (TPSA) is 28.7 Å². The summed E-state index contributed by atoms with van der Waals surface area (Å²) in [6, 6.07) is 7.57. The smallest absolute Gasteiger partial charge is 0.121 e. The lowest BCUT2D eigenvalue weighted by Crippen LogP contribution is -1.80. The predicted molar refractivity (Wildman–Crippen MR) is 58.6 cm³/mol. The number of benzene rings is 1. The lowest BCUT2D eigenvalue weighted by molar-refractivity contribution is 1.12. The van der Waals surface area contributed by atoms with Crippen LogP contribution in [0.15, 0.2) is 30.5 Å². The quantitative estimate of drug-likeness (QED) is 0.781. The number of rotatable bonds is 2. The first kappa shape index (κ1) is 9.56. The van der Waals surface area contributed by atoms with Crippen LogP contribution in [0.25, 0.3) is 11.3 Å². The lowest BCUT2D eigenvalue weighted by atomic mass is 10.2. The number of nitrogens with one attached hydrogen (secondary N) is 1. The Bertz CT molecular complexity index is 420. The van der Waals surface area contributed by atoms with E-state index in [1.165, 1.54) is 0 Å². The van der Waals surface area contributed by atoms with Crippen LogP contribution in [0.4, 0.5) is 0 Å². The number of hydrogen-bond donors (Lipinski definition) is 1. The van der Waals surface area contributed by atoms with Gasteiger partial charge >= 0.3 is 0 Å². The molecular formula is C10H8Cl2N2. The van der Waals surface area contributed by atoms with Gasteiger partial charge in [-0.15, -0.1) is 11.6 Å². The van der Waals surface area contributed by atoms with Crippen LogP contribution in [0.3, 0.4) is 0 Å². The van der Waals surface area contributed by atoms with E-state index in [4.69, 9.17) is 23.2 Å². The van der Waals surface area contributed by atoms with Gasteiger partial charge in [0.2, 0.25) is 0 Å². The minimum atomic E-state index is 0.396. The summed E-state index contributed by atoms with van der Waals surface area (Å²) in [6.45, 7) is 0. The summed E-state index contributed by atoms with van der Waals surface area (Å²) in [4.78, 5) is 7.23. The molecular weight excluding hydrogens is 219 g/mol. The summed E-state index contributed by atoms with van der Waals surface area (Å²) in [7, 11) is 0. The van der Waals surface area contributed by atoms with Crippen molar-refractivity contribution in [3.8, 4) is 11.3 Å². The zero-order chi connectivity index (χ0) is 9.97. The van der Waals surface area contributed by atoms with Crippen LogP contribution in [0, 0.1) is 0 Å². The number of hydrogen-bond acceptors (Lipinski definition) is 1.